The molecule has 0 bridgehead atoms. The molecule has 0 saturated carbocycles. The number of nitrogens with one attached hydrogen (secondary N) is 1. The van der Waals surface area contributed by atoms with E-state index in [2.05, 4.69) is 15.6 Å². The second-order valence-corrected chi connectivity index (χ2v) is 9.22. The van der Waals surface area contributed by atoms with E-state index in [1.807, 2.05) is 44.2 Å². The lowest BCUT2D eigenvalue weighted by Gasteiger charge is -2.27. The normalized spacial score (nSPS) is 18.6. The van der Waals surface area contributed by atoms with Crippen molar-refractivity contribution >= 4 is 11.8 Å². The number of carbonyl (C=O) groups is 2. The van der Waals surface area contributed by atoms with Crippen molar-refractivity contribution in [3.05, 3.63) is 82.9 Å². The molecule has 2 aromatic carbocycles. The molecule has 1 fully saturated rings. The number of halogens is 2. The average molecular weight is 482 g/mol. The first-order chi connectivity index (χ1) is 16.7. The first-order valence-electron chi connectivity index (χ1n) is 11.7. The summed E-state index contributed by atoms with van der Waals surface area (Å²) in [7, 11) is 0. The van der Waals surface area contributed by atoms with Gasteiger partial charge in [0.25, 0.3) is 0 Å². The topological polar surface area (TPSA) is 80.1 Å². The van der Waals surface area contributed by atoms with Crippen LogP contribution in [0.4, 0.5) is 8.78 Å². The molecule has 4 rings (SSSR count). The largest absolute Gasteiger partial charge is 0.343 e. The zero-order valence-corrected chi connectivity index (χ0v) is 20.0. The molecule has 3 aromatic rings. The van der Waals surface area contributed by atoms with Gasteiger partial charge in [0, 0.05) is 6.42 Å². The van der Waals surface area contributed by atoms with Crippen molar-refractivity contribution in [2.75, 3.05) is 6.54 Å². The molecule has 0 radical (unpaired) electrons. The monoisotopic (exact) mass is 481 g/mol. The summed E-state index contributed by atoms with van der Waals surface area (Å²) >= 11 is 0. The van der Waals surface area contributed by atoms with Crippen molar-refractivity contribution in [1.29, 1.82) is 0 Å². The summed E-state index contributed by atoms with van der Waals surface area (Å²) in [5.41, 5.74) is 2.59. The molecule has 2 heterocycles. The minimum atomic E-state index is -1.32. The predicted molar refractivity (Wildman–Crippen MR) is 127 cm³/mol. The van der Waals surface area contributed by atoms with Crippen LogP contribution in [0, 0.1) is 12.7 Å². The van der Waals surface area contributed by atoms with E-state index in [-0.39, 0.29) is 31.2 Å². The highest BCUT2D eigenvalue weighted by atomic mass is 19.1. The van der Waals surface area contributed by atoms with Gasteiger partial charge in [0.2, 0.25) is 11.8 Å². The van der Waals surface area contributed by atoms with Gasteiger partial charge in [0.15, 0.2) is 0 Å². The third-order valence-electron chi connectivity index (χ3n) is 6.37. The number of likely N-dealkylation sites (tertiary alicyclic amines) is 1. The maximum Gasteiger partial charge on any atom is 0.245 e. The van der Waals surface area contributed by atoms with Crippen LogP contribution in [-0.4, -0.2) is 50.5 Å². The van der Waals surface area contributed by atoms with Crippen LogP contribution in [0.2, 0.25) is 0 Å². The van der Waals surface area contributed by atoms with E-state index in [0.29, 0.717) is 16.8 Å². The summed E-state index contributed by atoms with van der Waals surface area (Å²) in [6, 6.07) is 12.5. The number of alkyl halides is 1. The van der Waals surface area contributed by atoms with Crippen molar-refractivity contribution in [2.45, 2.75) is 57.9 Å². The maximum atomic E-state index is 14.8. The molecular formula is C26H29F2N5O2. The highest BCUT2D eigenvalue weighted by Crippen LogP contribution is 2.28. The Morgan fingerprint density at radius 1 is 1.14 bits per heavy atom. The fourth-order valence-corrected chi connectivity index (χ4v) is 4.43. The smallest absolute Gasteiger partial charge is 0.245 e. The maximum absolute atomic E-state index is 14.8. The van der Waals surface area contributed by atoms with Gasteiger partial charge >= 0.3 is 0 Å². The number of carbonyl (C=O) groups excluding carboxylic acids is 2. The van der Waals surface area contributed by atoms with Gasteiger partial charge in [-0.3, -0.25) is 9.59 Å². The standard InChI is InChI=1S/C26H29F2N5O2/c1-16(2)21-10-9-19(11-22(21)28)25(18-7-5-4-6-8-18)30-26(35)23-12-20(27)14-32(23)24(34)15-33-17(3)13-29-31-33/h4-11,13,16,20,23,25H,12,14-15H2,1-3H3,(H,30,35)/t20-,23+,25+/m1/s1. The molecule has 1 saturated heterocycles. The number of benzene rings is 2. The third-order valence-corrected chi connectivity index (χ3v) is 6.37. The van der Waals surface area contributed by atoms with Gasteiger partial charge in [-0.2, -0.15) is 0 Å². The Balaban J connectivity index is 1.59. The van der Waals surface area contributed by atoms with Crippen molar-refractivity contribution < 1.29 is 18.4 Å². The lowest BCUT2D eigenvalue weighted by Crippen LogP contribution is -2.48. The van der Waals surface area contributed by atoms with Gasteiger partial charge in [-0.05, 0) is 35.6 Å². The summed E-state index contributed by atoms with van der Waals surface area (Å²) in [5, 5.41) is 10.6. The predicted octanol–water partition coefficient (Wildman–Crippen LogP) is 3.69. The zero-order valence-electron chi connectivity index (χ0n) is 20.0. The van der Waals surface area contributed by atoms with E-state index < -0.39 is 30.1 Å². The van der Waals surface area contributed by atoms with Gasteiger partial charge in [0.1, 0.15) is 24.6 Å². The van der Waals surface area contributed by atoms with Crippen molar-refractivity contribution in [3.8, 4) is 0 Å². The molecule has 1 N–H and O–H groups in total. The van der Waals surface area contributed by atoms with E-state index in [1.165, 1.54) is 21.8 Å². The summed E-state index contributed by atoms with van der Waals surface area (Å²) in [4.78, 5) is 27.6. The molecule has 3 atom stereocenters. The van der Waals surface area contributed by atoms with Crippen LogP contribution < -0.4 is 5.32 Å². The molecule has 9 heteroatoms. The van der Waals surface area contributed by atoms with Gasteiger partial charge in [-0.1, -0.05) is 61.5 Å². The fourth-order valence-electron chi connectivity index (χ4n) is 4.43. The first-order valence-corrected chi connectivity index (χ1v) is 11.7. The average Bonchev–Trinajstić information content (AvgIpc) is 3.42. The van der Waals surface area contributed by atoms with Crippen LogP contribution >= 0.6 is 0 Å². The molecule has 35 heavy (non-hydrogen) atoms. The van der Waals surface area contributed by atoms with Crippen LogP contribution in [0.25, 0.3) is 0 Å². The van der Waals surface area contributed by atoms with Crippen molar-refractivity contribution in [2.24, 2.45) is 0 Å². The fraction of sp³-hybridized carbons (Fsp3) is 0.385. The SMILES string of the molecule is Cc1cnnn1CC(=O)N1C[C@H](F)C[C@H]1C(=O)N[C@@H](c1ccccc1)c1ccc(C(C)C)c(F)c1. The first kappa shape index (κ1) is 24.5. The van der Waals surface area contributed by atoms with E-state index in [4.69, 9.17) is 0 Å². The lowest BCUT2D eigenvalue weighted by atomic mass is 9.94. The summed E-state index contributed by atoms with van der Waals surface area (Å²) in [6.07, 6.45) is 0.105. The lowest BCUT2D eigenvalue weighted by molar-refractivity contribution is -0.139. The molecule has 184 valence electrons. The number of aromatic nitrogens is 3. The summed E-state index contributed by atoms with van der Waals surface area (Å²) in [5.74, 6) is -1.24. The number of aryl methyl sites for hydroxylation is 1. The van der Waals surface area contributed by atoms with Crippen molar-refractivity contribution in [1.82, 2.24) is 25.2 Å². The van der Waals surface area contributed by atoms with Crippen LogP contribution in [0.1, 0.15) is 54.6 Å². The zero-order chi connectivity index (χ0) is 25.1. The Morgan fingerprint density at radius 3 is 2.51 bits per heavy atom. The van der Waals surface area contributed by atoms with E-state index in [9.17, 15) is 18.4 Å². The number of nitrogens with zero attached hydrogens (tertiary/aromatic N) is 4. The number of hydrogen-bond acceptors (Lipinski definition) is 4. The molecule has 1 aliphatic heterocycles. The second kappa shape index (κ2) is 10.3. The Hall–Kier alpha value is -3.62. The van der Waals surface area contributed by atoms with E-state index >= 15 is 0 Å². The summed E-state index contributed by atoms with van der Waals surface area (Å²) < 4.78 is 30.6. The van der Waals surface area contributed by atoms with E-state index in [1.54, 1.807) is 19.1 Å². The highest BCUT2D eigenvalue weighted by molar-refractivity contribution is 5.88. The minimum Gasteiger partial charge on any atom is -0.343 e. The Morgan fingerprint density at radius 2 is 1.89 bits per heavy atom. The number of hydrogen-bond donors (Lipinski definition) is 1. The highest BCUT2D eigenvalue weighted by Gasteiger charge is 2.40. The van der Waals surface area contributed by atoms with Crippen LogP contribution in [-0.2, 0) is 16.1 Å². The molecular weight excluding hydrogens is 452 g/mol. The molecule has 1 aliphatic rings. The molecule has 7 nitrogen and oxygen atoms in total. The van der Waals surface area contributed by atoms with Crippen LogP contribution in [0.3, 0.4) is 0 Å². The van der Waals surface area contributed by atoms with Gasteiger partial charge < -0.3 is 10.2 Å². The molecule has 0 spiro atoms. The van der Waals surface area contributed by atoms with Gasteiger partial charge in [-0.25, -0.2) is 13.5 Å². The Bertz CT molecular complexity index is 1200. The second-order valence-electron chi connectivity index (χ2n) is 9.22. The van der Waals surface area contributed by atoms with Gasteiger partial charge in [-0.15, -0.1) is 5.10 Å². The Kier molecular flexibility index (Phi) is 7.23. The number of amides is 2. The quantitative estimate of drug-likeness (QED) is 0.558. The Labute approximate surface area is 203 Å². The van der Waals surface area contributed by atoms with Gasteiger partial charge in [0.05, 0.1) is 24.5 Å². The van der Waals surface area contributed by atoms with Crippen molar-refractivity contribution in [3.63, 3.8) is 0 Å². The molecule has 2 amide bonds. The van der Waals surface area contributed by atoms with E-state index in [0.717, 1.165) is 5.56 Å². The molecule has 0 aliphatic carbocycles. The van der Waals surface area contributed by atoms with Crippen LogP contribution in [0.5, 0.6) is 0 Å². The molecule has 1 aromatic heterocycles. The third kappa shape index (κ3) is 5.39. The summed E-state index contributed by atoms with van der Waals surface area (Å²) in [6.45, 7) is 5.28. The minimum absolute atomic E-state index is 0.0157. The van der Waals surface area contributed by atoms with Crippen LogP contribution in [0.15, 0.2) is 54.7 Å². The molecule has 0 unspecified atom stereocenters. The number of rotatable bonds is 7.